The Morgan fingerprint density at radius 3 is 2.62 bits per heavy atom. The number of hydrogen-bond donors (Lipinski definition) is 1. The number of carbonyl (C=O) groups excluding carboxylic acids is 1. The minimum Gasteiger partial charge on any atom is -0.380 e. The number of methoxy groups -OCH3 is 1. The van der Waals surface area contributed by atoms with Crippen molar-refractivity contribution in [2.45, 2.75) is 19.4 Å². The van der Waals surface area contributed by atoms with E-state index in [0.717, 1.165) is 5.56 Å². The van der Waals surface area contributed by atoms with Gasteiger partial charge in [-0.1, -0.05) is 23.7 Å². The number of hydrogen-bond acceptors (Lipinski definition) is 2. The van der Waals surface area contributed by atoms with Crippen molar-refractivity contribution >= 4 is 17.5 Å². The predicted octanol–water partition coefficient (Wildman–Crippen LogP) is 2.03. The van der Waals surface area contributed by atoms with E-state index in [0.29, 0.717) is 18.0 Å². The summed E-state index contributed by atoms with van der Waals surface area (Å²) >= 11 is 5.75. The minimum atomic E-state index is -0.00813. The molecule has 3 nitrogen and oxygen atoms in total. The molecular weight excluding hydrogens is 226 g/mol. The molecule has 0 bridgehead atoms. The molecule has 1 rings (SSSR count). The molecule has 88 valence electrons. The first-order valence-corrected chi connectivity index (χ1v) is 5.53. The van der Waals surface area contributed by atoms with Gasteiger partial charge in [-0.2, -0.15) is 0 Å². The lowest BCUT2D eigenvalue weighted by atomic mass is 10.1. The topological polar surface area (TPSA) is 38.3 Å². The third-order valence-electron chi connectivity index (χ3n) is 2.27. The Bertz CT molecular complexity index is 337. The summed E-state index contributed by atoms with van der Waals surface area (Å²) in [6.07, 6.45) is 0.405. The molecule has 0 aliphatic rings. The van der Waals surface area contributed by atoms with Crippen LogP contribution in [0.25, 0.3) is 0 Å². The summed E-state index contributed by atoms with van der Waals surface area (Å²) in [5.74, 6) is -0.00813. The lowest BCUT2D eigenvalue weighted by Crippen LogP contribution is -2.32. The van der Waals surface area contributed by atoms with Crippen LogP contribution in [0.4, 0.5) is 0 Å². The Hall–Kier alpha value is -1.06. The maximum atomic E-state index is 11.5. The smallest absolute Gasteiger partial charge is 0.224 e. The van der Waals surface area contributed by atoms with Crippen LogP contribution in [0.2, 0.25) is 5.02 Å². The molecule has 1 N–H and O–H groups in total. The number of halogens is 1. The van der Waals surface area contributed by atoms with Crippen LogP contribution < -0.4 is 5.32 Å². The zero-order valence-corrected chi connectivity index (χ0v) is 10.3. The van der Waals surface area contributed by atoms with Crippen LogP contribution in [-0.2, 0) is 16.0 Å². The fraction of sp³-hybridized carbons (Fsp3) is 0.417. The first kappa shape index (κ1) is 13.0. The van der Waals surface area contributed by atoms with Crippen molar-refractivity contribution in [1.29, 1.82) is 0 Å². The Morgan fingerprint density at radius 1 is 1.44 bits per heavy atom. The van der Waals surface area contributed by atoms with E-state index in [9.17, 15) is 4.79 Å². The second-order valence-corrected chi connectivity index (χ2v) is 4.09. The number of rotatable bonds is 5. The molecule has 1 aromatic carbocycles. The summed E-state index contributed by atoms with van der Waals surface area (Å²) in [7, 11) is 1.62. The van der Waals surface area contributed by atoms with E-state index in [1.54, 1.807) is 19.2 Å². The molecule has 1 amide bonds. The number of amides is 1. The Labute approximate surface area is 101 Å². The van der Waals surface area contributed by atoms with Gasteiger partial charge in [0.05, 0.1) is 12.5 Å². The molecule has 0 aromatic heterocycles. The van der Waals surface area contributed by atoms with Gasteiger partial charge in [0.1, 0.15) is 0 Å². The van der Waals surface area contributed by atoms with Crippen molar-refractivity contribution in [1.82, 2.24) is 5.32 Å². The van der Waals surface area contributed by atoms with Crippen LogP contribution in [0, 0.1) is 0 Å². The normalized spacial score (nSPS) is 12.2. The molecule has 0 aliphatic heterocycles. The lowest BCUT2D eigenvalue weighted by molar-refractivity contribution is -0.120. The molecule has 0 saturated carbocycles. The van der Waals surface area contributed by atoms with Crippen molar-refractivity contribution in [3.63, 3.8) is 0 Å². The molecule has 1 atom stereocenters. The van der Waals surface area contributed by atoms with Gasteiger partial charge in [-0.25, -0.2) is 0 Å². The van der Waals surface area contributed by atoms with Crippen LogP contribution in [-0.4, -0.2) is 25.7 Å². The molecule has 0 fully saturated rings. The van der Waals surface area contributed by atoms with Gasteiger partial charge in [-0.15, -0.1) is 0 Å². The molecule has 16 heavy (non-hydrogen) atoms. The molecule has 0 spiro atoms. The zero-order chi connectivity index (χ0) is 12.0. The predicted molar refractivity (Wildman–Crippen MR) is 64.6 cm³/mol. The minimum absolute atomic E-state index is 0.00813. The van der Waals surface area contributed by atoms with Crippen LogP contribution in [0.15, 0.2) is 24.3 Å². The van der Waals surface area contributed by atoms with Crippen molar-refractivity contribution in [3.8, 4) is 0 Å². The average Bonchev–Trinajstić information content (AvgIpc) is 2.29. The fourth-order valence-corrected chi connectivity index (χ4v) is 1.32. The number of nitrogens with one attached hydrogen (secondary N) is 1. The lowest BCUT2D eigenvalue weighted by Gasteiger charge is -2.10. The van der Waals surface area contributed by atoms with Crippen molar-refractivity contribution in [2.75, 3.05) is 13.7 Å². The van der Waals surface area contributed by atoms with E-state index in [1.165, 1.54) is 0 Å². The highest BCUT2D eigenvalue weighted by Crippen LogP contribution is 2.09. The summed E-state index contributed by atoms with van der Waals surface area (Å²) in [4.78, 5) is 11.5. The summed E-state index contributed by atoms with van der Waals surface area (Å²) in [6, 6.07) is 7.26. The second-order valence-electron chi connectivity index (χ2n) is 3.65. The molecule has 0 radical (unpaired) electrons. The zero-order valence-electron chi connectivity index (χ0n) is 9.50. The SMILES string of the molecule is COC(C)CNC(=O)Cc1ccc(Cl)cc1. The monoisotopic (exact) mass is 241 g/mol. The highest BCUT2D eigenvalue weighted by molar-refractivity contribution is 6.30. The standard InChI is InChI=1S/C12H16ClNO2/c1-9(16-2)8-14-12(15)7-10-3-5-11(13)6-4-10/h3-6,9H,7-8H2,1-2H3,(H,14,15). The van der Waals surface area contributed by atoms with Crippen LogP contribution in [0.3, 0.4) is 0 Å². The summed E-state index contributed by atoms with van der Waals surface area (Å²) in [6.45, 7) is 2.44. The molecule has 4 heteroatoms. The molecular formula is C12H16ClNO2. The van der Waals surface area contributed by atoms with Gasteiger partial charge >= 0.3 is 0 Å². The summed E-state index contributed by atoms with van der Waals surface area (Å²) in [5, 5.41) is 3.48. The average molecular weight is 242 g/mol. The molecule has 0 aliphatic carbocycles. The van der Waals surface area contributed by atoms with Gasteiger partial charge in [0.25, 0.3) is 0 Å². The van der Waals surface area contributed by atoms with Gasteiger partial charge in [0.2, 0.25) is 5.91 Å². The third kappa shape index (κ3) is 4.64. The van der Waals surface area contributed by atoms with E-state index < -0.39 is 0 Å². The van der Waals surface area contributed by atoms with Gasteiger partial charge < -0.3 is 10.1 Å². The largest absolute Gasteiger partial charge is 0.380 e. The van der Waals surface area contributed by atoms with Crippen molar-refractivity contribution in [3.05, 3.63) is 34.9 Å². The first-order chi connectivity index (χ1) is 7.61. The van der Waals surface area contributed by atoms with E-state index in [-0.39, 0.29) is 12.0 Å². The number of carbonyl (C=O) groups is 1. The number of benzene rings is 1. The maximum Gasteiger partial charge on any atom is 0.224 e. The van der Waals surface area contributed by atoms with E-state index in [2.05, 4.69) is 5.32 Å². The maximum absolute atomic E-state index is 11.5. The van der Waals surface area contributed by atoms with Gasteiger partial charge in [-0.3, -0.25) is 4.79 Å². The molecule has 0 saturated heterocycles. The molecule has 1 aromatic rings. The Kier molecular flexibility index (Phi) is 5.29. The van der Waals surface area contributed by atoms with Gasteiger partial charge in [0, 0.05) is 18.7 Å². The van der Waals surface area contributed by atoms with Crippen molar-refractivity contribution in [2.24, 2.45) is 0 Å². The third-order valence-corrected chi connectivity index (χ3v) is 2.52. The molecule has 1 unspecified atom stereocenters. The number of ether oxygens (including phenoxy) is 1. The molecule has 0 heterocycles. The van der Waals surface area contributed by atoms with E-state index in [1.807, 2.05) is 19.1 Å². The van der Waals surface area contributed by atoms with E-state index >= 15 is 0 Å². The Morgan fingerprint density at radius 2 is 2.06 bits per heavy atom. The Balaban J connectivity index is 2.37. The highest BCUT2D eigenvalue weighted by Gasteiger charge is 2.05. The van der Waals surface area contributed by atoms with E-state index in [4.69, 9.17) is 16.3 Å². The second kappa shape index (κ2) is 6.51. The quantitative estimate of drug-likeness (QED) is 0.857. The van der Waals surface area contributed by atoms with Gasteiger partial charge in [0.15, 0.2) is 0 Å². The van der Waals surface area contributed by atoms with Crippen LogP contribution >= 0.6 is 11.6 Å². The van der Waals surface area contributed by atoms with Crippen LogP contribution in [0.1, 0.15) is 12.5 Å². The van der Waals surface area contributed by atoms with Crippen LogP contribution in [0.5, 0.6) is 0 Å². The summed E-state index contributed by atoms with van der Waals surface area (Å²) < 4.78 is 5.03. The van der Waals surface area contributed by atoms with Gasteiger partial charge in [-0.05, 0) is 24.6 Å². The first-order valence-electron chi connectivity index (χ1n) is 5.15. The summed E-state index contributed by atoms with van der Waals surface area (Å²) in [5.41, 5.74) is 0.951. The van der Waals surface area contributed by atoms with Crippen molar-refractivity contribution < 1.29 is 9.53 Å². The fourth-order valence-electron chi connectivity index (χ4n) is 1.19. The highest BCUT2D eigenvalue weighted by atomic mass is 35.5.